The van der Waals surface area contributed by atoms with E-state index in [0.29, 0.717) is 19.3 Å². The van der Waals surface area contributed by atoms with Crippen LogP contribution in [0.15, 0.2) is 60.7 Å². The SMILES string of the molecule is O=C(O)CCCNC(=O)C(Cc1ccccc1)C[C@H](Cc1ccccc1)C(=O)O. The van der Waals surface area contributed by atoms with Gasteiger partial charge in [0.05, 0.1) is 5.92 Å². The maximum atomic E-state index is 12.8. The van der Waals surface area contributed by atoms with Crippen LogP contribution >= 0.6 is 0 Å². The Labute approximate surface area is 170 Å². The van der Waals surface area contributed by atoms with Crippen LogP contribution in [0.2, 0.25) is 0 Å². The van der Waals surface area contributed by atoms with Gasteiger partial charge in [-0.15, -0.1) is 0 Å². The third-order valence-electron chi connectivity index (χ3n) is 4.81. The summed E-state index contributed by atoms with van der Waals surface area (Å²) in [6.07, 6.45) is 1.32. The maximum Gasteiger partial charge on any atom is 0.306 e. The zero-order valence-corrected chi connectivity index (χ0v) is 16.3. The molecule has 0 aromatic heterocycles. The summed E-state index contributed by atoms with van der Waals surface area (Å²) >= 11 is 0. The summed E-state index contributed by atoms with van der Waals surface area (Å²) in [5, 5.41) is 21.2. The monoisotopic (exact) mass is 397 g/mol. The molecule has 0 heterocycles. The van der Waals surface area contributed by atoms with Crippen molar-refractivity contribution in [2.45, 2.75) is 32.1 Å². The molecular weight excluding hydrogens is 370 g/mol. The van der Waals surface area contributed by atoms with Crippen LogP contribution in [0.1, 0.15) is 30.4 Å². The molecule has 2 rings (SSSR count). The van der Waals surface area contributed by atoms with Crippen molar-refractivity contribution in [3.63, 3.8) is 0 Å². The Kier molecular flexibility index (Phi) is 8.89. The molecule has 6 nitrogen and oxygen atoms in total. The number of hydrogen-bond acceptors (Lipinski definition) is 3. The van der Waals surface area contributed by atoms with Crippen molar-refractivity contribution < 1.29 is 24.6 Å². The third kappa shape index (κ3) is 8.17. The van der Waals surface area contributed by atoms with E-state index in [1.54, 1.807) is 0 Å². The zero-order chi connectivity index (χ0) is 21.1. The normalized spacial score (nSPS) is 12.7. The Balaban J connectivity index is 2.08. The smallest absolute Gasteiger partial charge is 0.306 e. The van der Waals surface area contributed by atoms with Gasteiger partial charge in [0.2, 0.25) is 5.91 Å². The molecule has 3 N–H and O–H groups in total. The Morgan fingerprint density at radius 2 is 1.31 bits per heavy atom. The van der Waals surface area contributed by atoms with Crippen molar-refractivity contribution in [3.8, 4) is 0 Å². The molecule has 2 atom stereocenters. The average Bonchev–Trinajstić information content (AvgIpc) is 2.71. The van der Waals surface area contributed by atoms with Gasteiger partial charge in [-0.2, -0.15) is 0 Å². The van der Waals surface area contributed by atoms with Crippen LogP contribution in [0.5, 0.6) is 0 Å². The first-order valence-electron chi connectivity index (χ1n) is 9.76. The fraction of sp³-hybridized carbons (Fsp3) is 0.348. The zero-order valence-electron chi connectivity index (χ0n) is 16.3. The van der Waals surface area contributed by atoms with Gasteiger partial charge in [0.25, 0.3) is 0 Å². The van der Waals surface area contributed by atoms with E-state index in [4.69, 9.17) is 5.11 Å². The molecule has 0 aliphatic rings. The number of nitrogens with one attached hydrogen (secondary N) is 1. The standard InChI is InChI=1S/C23H27NO5/c25-21(26)12-7-13-24-22(27)19(14-17-8-3-1-4-9-17)16-20(23(28)29)15-18-10-5-2-6-11-18/h1-6,8-11,19-20H,7,12-16H2,(H,24,27)(H,25,26)(H,28,29)/t19?,20-/m0/s1. The summed E-state index contributed by atoms with van der Waals surface area (Å²) in [6.45, 7) is 0.257. The summed E-state index contributed by atoms with van der Waals surface area (Å²) in [5.74, 6) is -3.26. The highest BCUT2D eigenvalue weighted by Crippen LogP contribution is 2.22. The molecule has 0 fully saturated rings. The Hall–Kier alpha value is -3.15. The van der Waals surface area contributed by atoms with Gasteiger partial charge in [0, 0.05) is 18.9 Å². The highest BCUT2D eigenvalue weighted by atomic mass is 16.4. The Morgan fingerprint density at radius 3 is 1.79 bits per heavy atom. The average molecular weight is 397 g/mol. The van der Waals surface area contributed by atoms with Crippen LogP contribution in [-0.4, -0.2) is 34.6 Å². The van der Waals surface area contributed by atoms with Crippen molar-refractivity contribution >= 4 is 17.8 Å². The second-order valence-corrected chi connectivity index (χ2v) is 7.14. The first-order chi connectivity index (χ1) is 14.0. The quantitative estimate of drug-likeness (QED) is 0.477. The van der Waals surface area contributed by atoms with E-state index in [-0.39, 0.29) is 25.3 Å². The molecule has 1 amide bonds. The van der Waals surface area contributed by atoms with E-state index < -0.39 is 23.8 Å². The maximum absolute atomic E-state index is 12.8. The molecule has 1 unspecified atom stereocenters. The molecule has 0 saturated heterocycles. The van der Waals surface area contributed by atoms with Crippen molar-refractivity contribution in [2.24, 2.45) is 11.8 Å². The molecule has 6 heteroatoms. The highest BCUT2D eigenvalue weighted by Gasteiger charge is 2.27. The predicted octanol–water partition coefficient (Wildman–Crippen LogP) is 3.16. The van der Waals surface area contributed by atoms with E-state index >= 15 is 0 Å². The minimum Gasteiger partial charge on any atom is -0.481 e. The van der Waals surface area contributed by atoms with Gasteiger partial charge in [-0.25, -0.2) is 0 Å². The number of amides is 1. The number of carboxylic acid groups (broad SMARTS) is 2. The molecule has 0 spiro atoms. The lowest BCUT2D eigenvalue weighted by molar-refractivity contribution is -0.143. The van der Waals surface area contributed by atoms with Gasteiger partial charge in [-0.05, 0) is 36.8 Å². The van der Waals surface area contributed by atoms with Crippen molar-refractivity contribution in [3.05, 3.63) is 71.8 Å². The number of hydrogen-bond donors (Lipinski definition) is 3. The van der Waals surface area contributed by atoms with E-state index in [1.807, 2.05) is 60.7 Å². The van der Waals surface area contributed by atoms with Crippen LogP contribution in [0.4, 0.5) is 0 Å². The van der Waals surface area contributed by atoms with Crippen molar-refractivity contribution in [1.29, 1.82) is 0 Å². The Morgan fingerprint density at radius 1 is 0.793 bits per heavy atom. The van der Waals surface area contributed by atoms with Crippen LogP contribution in [-0.2, 0) is 27.2 Å². The number of carboxylic acids is 2. The molecule has 2 aromatic rings. The number of rotatable bonds is 12. The fourth-order valence-electron chi connectivity index (χ4n) is 3.29. The third-order valence-corrected chi connectivity index (χ3v) is 4.81. The summed E-state index contributed by atoms with van der Waals surface area (Å²) in [4.78, 5) is 35.2. The molecule has 0 saturated carbocycles. The fourth-order valence-corrected chi connectivity index (χ4v) is 3.29. The summed E-state index contributed by atoms with van der Waals surface area (Å²) in [5.41, 5.74) is 1.88. The highest BCUT2D eigenvalue weighted by molar-refractivity contribution is 5.80. The second-order valence-electron chi connectivity index (χ2n) is 7.14. The molecule has 29 heavy (non-hydrogen) atoms. The molecule has 154 valence electrons. The van der Waals surface area contributed by atoms with Gasteiger partial charge < -0.3 is 15.5 Å². The first-order valence-corrected chi connectivity index (χ1v) is 9.76. The molecule has 0 radical (unpaired) electrons. The molecule has 2 aromatic carbocycles. The van der Waals surface area contributed by atoms with E-state index in [9.17, 15) is 19.5 Å². The minimum absolute atomic E-state index is 0.0185. The Bertz CT molecular complexity index is 791. The largest absolute Gasteiger partial charge is 0.481 e. The van der Waals surface area contributed by atoms with Gasteiger partial charge in [0.1, 0.15) is 0 Å². The van der Waals surface area contributed by atoms with Crippen LogP contribution in [0.3, 0.4) is 0 Å². The van der Waals surface area contributed by atoms with Crippen molar-refractivity contribution in [1.82, 2.24) is 5.32 Å². The molecule has 0 aliphatic heterocycles. The van der Waals surface area contributed by atoms with Gasteiger partial charge in [-0.1, -0.05) is 60.7 Å². The first kappa shape index (κ1) is 22.1. The lowest BCUT2D eigenvalue weighted by atomic mass is 9.85. The number of benzene rings is 2. The van der Waals surface area contributed by atoms with E-state index in [0.717, 1.165) is 11.1 Å². The van der Waals surface area contributed by atoms with Crippen LogP contribution in [0.25, 0.3) is 0 Å². The molecule has 0 bridgehead atoms. The van der Waals surface area contributed by atoms with E-state index in [1.165, 1.54) is 0 Å². The summed E-state index contributed by atoms with van der Waals surface area (Å²) < 4.78 is 0. The van der Waals surface area contributed by atoms with Crippen LogP contribution in [0, 0.1) is 11.8 Å². The van der Waals surface area contributed by atoms with Gasteiger partial charge in [0.15, 0.2) is 0 Å². The predicted molar refractivity (Wildman–Crippen MR) is 109 cm³/mol. The lowest BCUT2D eigenvalue weighted by Crippen LogP contribution is -2.35. The van der Waals surface area contributed by atoms with Gasteiger partial charge in [-0.3, -0.25) is 14.4 Å². The second kappa shape index (κ2) is 11.6. The number of carbonyl (C=O) groups excluding carboxylic acids is 1. The minimum atomic E-state index is -0.925. The lowest BCUT2D eigenvalue weighted by Gasteiger charge is -2.21. The molecule has 0 aliphatic carbocycles. The number of aliphatic carboxylic acids is 2. The van der Waals surface area contributed by atoms with Crippen LogP contribution < -0.4 is 5.32 Å². The summed E-state index contributed by atoms with van der Waals surface area (Å²) in [7, 11) is 0. The summed E-state index contributed by atoms with van der Waals surface area (Å²) in [6, 6.07) is 18.9. The van der Waals surface area contributed by atoms with Crippen molar-refractivity contribution in [2.75, 3.05) is 6.54 Å². The van der Waals surface area contributed by atoms with E-state index in [2.05, 4.69) is 5.32 Å². The number of carbonyl (C=O) groups is 3. The topological polar surface area (TPSA) is 104 Å². The molecular formula is C23H27NO5. The van der Waals surface area contributed by atoms with Gasteiger partial charge >= 0.3 is 11.9 Å².